The molecule has 0 radical (unpaired) electrons. The third-order valence-electron chi connectivity index (χ3n) is 2.81. The molecule has 1 amide bonds. The van der Waals surface area contributed by atoms with Gasteiger partial charge in [-0.25, -0.2) is 4.39 Å². The Balaban J connectivity index is 2.46. The average molecular weight is 279 g/mol. The van der Waals surface area contributed by atoms with E-state index in [2.05, 4.69) is 5.32 Å². The minimum atomic E-state index is -0.908. The highest BCUT2D eigenvalue weighted by Gasteiger charge is 2.16. The molecular weight excluding hydrogens is 261 g/mol. The highest BCUT2D eigenvalue weighted by atomic mass is 19.1. The molecule has 0 saturated carbocycles. The van der Waals surface area contributed by atoms with E-state index < -0.39 is 11.9 Å². The maximum Gasteiger partial charge on any atom is 0.308 e. The highest BCUT2D eigenvalue weighted by Crippen LogP contribution is 2.06. The maximum absolute atomic E-state index is 12.7. The van der Waals surface area contributed by atoms with E-state index in [0.29, 0.717) is 12.0 Å². The lowest BCUT2D eigenvalue weighted by atomic mass is 10.0. The van der Waals surface area contributed by atoms with Crippen LogP contribution in [0.2, 0.25) is 0 Å². The van der Waals surface area contributed by atoms with Crippen LogP contribution in [0, 0.1) is 11.7 Å². The second-order valence-electron chi connectivity index (χ2n) is 4.45. The van der Waals surface area contributed by atoms with Crippen molar-refractivity contribution in [2.75, 3.05) is 6.54 Å². The molecule has 0 heterocycles. The van der Waals surface area contributed by atoms with Crippen LogP contribution in [0.25, 0.3) is 6.08 Å². The molecule has 0 saturated heterocycles. The highest BCUT2D eigenvalue weighted by molar-refractivity contribution is 5.91. The van der Waals surface area contributed by atoms with Crippen LogP contribution in [-0.2, 0) is 9.59 Å². The third-order valence-corrected chi connectivity index (χ3v) is 2.81. The van der Waals surface area contributed by atoms with Gasteiger partial charge in [-0.15, -0.1) is 0 Å². The molecule has 0 aliphatic heterocycles. The van der Waals surface area contributed by atoms with E-state index in [1.807, 2.05) is 6.92 Å². The number of benzene rings is 1. The molecule has 0 aliphatic carbocycles. The second-order valence-corrected chi connectivity index (χ2v) is 4.45. The van der Waals surface area contributed by atoms with E-state index in [-0.39, 0.29) is 18.3 Å². The molecule has 1 rings (SSSR count). The molecule has 0 aliphatic rings. The van der Waals surface area contributed by atoms with Crippen LogP contribution in [0.1, 0.15) is 25.3 Å². The number of nitrogens with one attached hydrogen (secondary N) is 1. The van der Waals surface area contributed by atoms with Gasteiger partial charge >= 0.3 is 5.97 Å². The summed E-state index contributed by atoms with van der Waals surface area (Å²) in [7, 11) is 0. The van der Waals surface area contributed by atoms with Gasteiger partial charge in [0.15, 0.2) is 0 Å². The fourth-order valence-corrected chi connectivity index (χ4v) is 1.69. The molecule has 4 nitrogen and oxygen atoms in total. The van der Waals surface area contributed by atoms with Gasteiger partial charge in [0.1, 0.15) is 5.82 Å². The first kappa shape index (κ1) is 15.9. The first-order chi connectivity index (χ1) is 9.52. The number of carboxylic acids is 1. The molecule has 2 N–H and O–H groups in total. The summed E-state index contributed by atoms with van der Waals surface area (Å²) >= 11 is 0. The largest absolute Gasteiger partial charge is 0.481 e. The Hall–Kier alpha value is -2.17. The first-order valence-electron chi connectivity index (χ1n) is 6.47. The smallest absolute Gasteiger partial charge is 0.308 e. The lowest BCUT2D eigenvalue weighted by Gasteiger charge is -2.10. The van der Waals surface area contributed by atoms with Crippen molar-refractivity contribution in [2.45, 2.75) is 19.8 Å². The van der Waals surface area contributed by atoms with E-state index >= 15 is 0 Å². The van der Waals surface area contributed by atoms with Crippen LogP contribution in [0.4, 0.5) is 4.39 Å². The fraction of sp³-hybridized carbons (Fsp3) is 0.333. The molecule has 0 aromatic heterocycles. The number of carbonyl (C=O) groups is 2. The molecule has 1 atom stereocenters. The standard InChI is InChI=1S/C15H18FNO3/c1-2-3-12(15(19)20)10-17-14(18)9-6-11-4-7-13(16)8-5-11/h4-9,12H,2-3,10H2,1H3,(H,17,18)(H,19,20). The molecule has 5 heteroatoms. The van der Waals surface area contributed by atoms with Gasteiger partial charge in [0.2, 0.25) is 5.91 Å². The van der Waals surface area contributed by atoms with E-state index in [1.165, 1.54) is 18.2 Å². The van der Waals surface area contributed by atoms with Crippen molar-refractivity contribution in [1.29, 1.82) is 0 Å². The SMILES string of the molecule is CCCC(CNC(=O)C=Cc1ccc(F)cc1)C(=O)O. The van der Waals surface area contributed by atoms with Crippen LogP contribution >= 0.6 is 0 Å². The van der Waals surface area contributed by atoms with Crippen LogP contribution < -0.4 is 5.32 Å². The summed E-state index contributed by atoms with van der Waals surface area (Å²) in [6.07, 6.45) is 4.12. The Bertz CT molecular complexity index is 482. The molecule has 1 unspecified atom stereocenters. The summed E-state index contributed by atoms with van der Waals surface area (Å²) in [5.74, 6) is -2.18. The molecule has 20 heavy (non-hydrogen) atoms. The van der Waals surface area contributed by atoms with Gasteiger partial charge in [-0.3, -0.25) is 9.59 Å². The molecule has 1 aromatic rings. The minimum Gasteiger partial charge on any atom is -0.481 e. The monoisotopic (exact) mass is 279 g/mol. The van der Waals surface area contributed by atoms with E-state index in [0.717, 1.165) is 6.42 Å². The number of amides is 1. The van der Waals surface area contributed by atoms with Crippen LogP contribution in [0.5, 0.6) is 0 Å². The summed E-state index contributed by atoms with van der Waals surface area (Å²) in [6, 6.07) is 5.71. The van der Waals surface area contributed by atoms with Crippen molar-refractivity contribution in [2.24, 2.45) is 5.92 Å². The number of hydrogen-bond donors (Lipinski definition) is 2. The van der Waals surface area contributed by atoms with Crippen molar-refractivity contribution in [3.63, 3.8) is 0 Å². The number of hydrogen-bond acceptors (Lipinski definition) is 2. The summed E-state index contributed by atoms with van der Waals surface area (Å²) in [5, 5.41) is 11.5. The third kappa shape index (κ3) is 5.65. The number of rotatable bonds is 7. The van der Waals surface area contributed by atoms with Gasteiger partial charge in [0.05, 0.1) is 5.92 Å². The van der Waals surface area contributed by atoms with Gasteiger partial charge in [-0.05, 0) is 30.2 Å². The molecule has 1 aromatic carbocycles. The topological polar surface area (TPSA) is 66.4 Å². The predicted octanol–water partition coefficient (Wildman–Crippen LogP) is 2.46. The number of halogens is 1. The fourth-order valence-electron chi connectivity index (χ4n) is 1.69. The minimum absolute atomic E-state index is 0.107. The number of carbonyl (C=O) groups excluding carboxylic acids is 1. The van der Waals surface area contributed by atoms with Gasteiger partial charge in [-0.2, -0.15) is 0 Å². The van der Waals surface area contributed by atoms with Crippen molar-refractivity contribution in [3.8, 4) is 0 Å². The first-order valence-corrected chi connectivity index (χ1v) is 6.47. The summed E-state index contributed by atoms with van der Waals surface area (Å²) < 4.78 is 12.7. The molecule has 0 bridgehead atoms. The van der Waals surface area contributed by atoms with Crippen molar-refractivity contribution in [3.05, 3.63) is 41.7 Å². The second kappa shape index (κ2) is 8.09. The van der Waals surface area contributed by atoms with Gasteiger partial charge in [-0.1, -0.05) is 25.5 Å². The lowest BCUT2D eigenvalue weighted by Crippen LogP contribution is -2.31. The molecule has 108 valence electrons. The Morgan fingerprint density at radius 2 is 2.00 bits per heavy atom. The zero-order chi connectivity index (χ0) is 15.0. The zero-order valence-corrected chi connectivity index (χ0v) is 11.3. The number of aliphatic carboxylic acids is 1. The van der Waals surface area contributed by atoms with E-state index in [4.69, 9.17) is 5.11 Å². The lowest BCUT2D eigenvalue weighted by molar-refractivity contribution is -0.141. The van der Waals surface area contributed by atoms with E-state index in [1.54, 1.807) is 18.2 Å². The van der Waals surface area contributed by atoms with Crippen molar-refractivity contribution < 1.29 is 19.1 Å². The van der Waals surface area contributed by atoms with Crippen molar-refractivity contribution in [1.82, 2.24) is 5.32 Å². The van der Waals surface area contributed by atoms with Gasteiger partial charge in [0, 0.05) is 12.6 Å². The zero-order valence-electron chi connectivity index (χ0n) is 11.3. The van der Waals surface area contributed by atoms with Gasteiger partial charge < -0.3 is 10.4 Å². The van der Waals surface area contributed by atoms with Crippen LogP contribution in [0.3, 0.4) is 0 Å². The maximum atomic E-state index is 12.7. The quantitative estimate of drug-likeness (QED) is 0.753. The Morgan fingerprint density at radius 1 is 1.35 bits per heavy atom. The normalized spacial score (nSPS) is 12.3. The Kier molecular flexibility index (Phi) is 6.43. The number of carboxylic acid groups (broad SMARTS) is 1. The summed E-state index contributed by atoms with van der Waals surface area (Å²) in [6.45, 7) is 2.00. The molecular formula is C15H18FNO3. The predicted molar refractivity (Wildman–Crippen MR) is 74.5 cm³/mol. The van der Waals surface area contributed by atoms with Crippen LogP contribution in [-0.4, -0.2) is 23.5 Å². The van der Waals surface area contributed by atoms with Crippen molar-refractivity contribution >= 4 is 18.0 Å². The Labute approximate surface area is 117 Å². The van der Waals surface area contributed by atoms with E-state index in [9.17, 15) is 14.0 Å². The Morgan fingerprint density at radius 3 is 2.55 bits per heavy atom. The van der Waals surface area contributed by atoms with Gasteiger partial charge in [0.25, 0.3) is 0 Å². The van der Waals surface area contributed by atoms with Crippen LogP contribution in [0.15, 0.2) is 30.3 Å². The molecule has 0 spiro atoms. The average Bonchev–Trinajstić information content (AvgIpc) is 2.42. The summed E-state index contributed by atoms with van der Waals surface area (Å²) in [5.41, 5.74) is 0.699. The summed E-state index contributed by atoms with van der Waals surface area (Å²) in [4.78, 5) is 22.5. The molecule has 0 fully saturated rings.